The molecule has 0 aromatic heterocycles. The van der Waals surface area contributed by atoms with E-state index in [1.165, 1.54) is 7.05 Å². The average Bonchev–Trinajstić information content (AvgIpc) is 2.16. The van der Waals surface area contributed by atoms with Crippen molar-refractivity contribution in [3.8, 4) is 0 Å². The highest BCUT2D eigenvalue weighted by molar-refractivity contribution is 8.00. The molecule has 94 valence electrons. The molecule has 7 heteroatoms. The Morgan fingerprint density at radius 1 is 1.50 bits per heavy atom. The number of aliphatic carboxylic acids is 1. The first-order valence-electron chi connectivity index (χ1n) is 4.43. The summed E-state index contributed by atoms with van der Waals surface area (Å²) in [5.74, 6) is -0.833. The Balaban J connectivity index is 0. The number of nitrogens with one attached hydrogen (secondary N) is 1. The van der Waals surface area contributed by atoms with E-state index in [1.54, 1.807) is 18.0 Å². The molecule has 0 bridgehead atoms. The van der Waals surface area contributed by atoms with Crippen molar-refractivity contribution in [2.45, 2.75) is 25.5 Å². The third-order valence-corrected chi connectivity index (χ3v) is 2.39. The Morgan fingerprint density at radius 2 is 1.94 bits per heavy atom. The van der Waals surface area contributed by atoms with Crippen molar-refractivity contribution >= 4 is 30.0 Å². The molecule has 0 rings (SSSR count). The van der Waals surface area contributed by atoms with Crippen molar-refractivity contribution in [3.63, 3.8) is 0 Å². The minimum atomic E-state index is -0.833. The highest BCUT2D eigenvalue weighted by atomic mass is 32.2. The maximum Gasteiger partial charge on any atom is 0.433 e. The molecule has 0 heterocycles. The SMILES string of the molecule is CC(=O)O.CNC(=O)O/N=C/C(C)(C)SC. The lowest BCUT2D eigenvalue weighted by Crippen LogP contribution is -2.19. The third kappa shape index (κ3) is 15.2. The Hall–Kier alpha value is -1.24. The number of nitrogens with zero attached hydrogens (tertiary/aromatic N) is 1. The minimum absolute atomic E-state index is 0.103. The molecule has 16 heavy (non-hydrogen) atoms. The van der Waals surface area contributed by atoms with E-state index >= 15 is 0 Å². The van der Waals surface area contributed by atoms with Crippen molar-refractivity contribution in [2.24, 2.45) is 5.16 Å². The summed E-state index contributed by atoms with van der Waals surface area (Å²) in [5.41, 5.74) is 0. The lowest BCUT2D eigenvalue weighted by atomic mass is 10.2. The van der Waals surface area contributed by atoms with Crippen LogP contribution in [0.1, 0.15) is 20.8 Å². The zero-order chi connectivity index (χ0) is 13.2. The second-order valence-corrected chi connectivity index (χ2v) is 4.65. The molecule has 0 atom stereocenters. The summed E-state index contributed by atoms with van der Waals surface area (Å²) < 4.78 is -0.103. The van der Waals surface area contributed by atoms with E-state index in [9.17, 15) is 4.79 Å². The van der Waals surface area contributed by atoms with Crippen molar-refractivity contribution in [3.05, 3.63) is 0 Å². The molecule has 0 aliphatic rings. The van der Waals surface area contributed by atoms with Gasteiger partial charge in [0.15, 0.2) is 0 Å². The first-order chi connectivity index (χ1) is 7.25. The number of carbonyl (C=O) groups excluding carboxylic acids is 1. The topological polar surface area (TPSA) is 88.0 Å². The number of thioether (sulfide) groups is 1. The van der Waals surface area contributed by atoms with Gasteiger partial charge in [0.2, 0.25) is 0 Å². The van der Waals surface area contributed by atoms with Crippen molar-refractivity contribution < 1.29 is 19.5 Å². The van der Waals surface area contributed by atoms with Crippen LogP contribution in [-0.4, -0.2) is 41.4 Å². The molecule has 0 fully saturated rings. The van der Waals surface area contributed by atoms with Crippen LogP contribution in [0, 0.1) is 0 Å². The van der Waals surface area contributed by atoms with Crippen LogP contribution in [0.15, 0.2) is 5.16 Å². The van der Waals surface area contributed by atoms with Gasteiger partial charge in [0.05, 0.1) is 6.21 Å². The number of carboxylic acids is 1. The summed E-state index contributed by atoms with van der Waals surface area (Å²) in [7, 11) is 1.48. The molecule has 2 N–H and O–H groups in total. The monoisotopic (exact) mass is 250 g/mol. The molecular weight excluding hydrogens is 232 g/mol. The van der Waals surface area contributed by atoms with Crippen LogP contribution in [0.2, 0.25) is 0 Å². The van der Waals surface area contributed by atoms with Gasteiger partial charge in [-0.05, 0) is 20.1 Å². The Kier molecular flexibility index (Phi) is 9.68. The van der Waals surface area contributed by atoms with Gasteiger partial charge < -0.3 is 10.4 Å². The summed E-state index contributed by atoms with van der Waals surface area (Å²) >= 11 is 1.63. The van der Waals surface area contributed by atoms with E-state index in [4.69, 9.17) is 9.90 Å². The van der Waals surface area contributed by atoms with E-state index in [0.717, 1.165) is 6.92 Å². The van der Waals surface area contributed by atoms with Gasteiger partial charge in [-0.2, -0.15) is 11.8 Å². The predicted molar refractivity (Wildman–Crippen MR) is 64.9 cm³/mol. The molecule has 0 spiro atoms. The van der Waals surface area contributed by atoms with Crippen LogP contribution in [0.3, 0.4) is 0 Å². The number of carbonyl (C=O) groups is 2. The standard InChI is InChI=1S/C7H14N2O2S.C2H4O2/c1-7(2,12-4)5-9-11-6(10)8-3;1-2(3)4/h5H,1-4H3,(H,8,10);1H3,(H,3,4)/b9-5+;. The molecule has 1 amide bonds. The molecule has 0 aromatic rings. The van der Waals surface area contributed by atoms with Crippen molar-refractivity contribution in [2.75, 3.05) is 13.3 Å². The molecule has 0 unspecified atom stereocenters. The second-order valence-electron chi connectivity index (χ2n) is 3.19. The largest absolute Gasteiger partial charge is 0.481 e. The lowest BCUT2D eigenvalue weighted by Gasteiger charge is -2.13. The van der Waals surface area contributed by atoms with E-state index in [1.807, 2.05) is 20.1 Å². The maximum atomic E-state index is 10.5. The van der Waals surface area contributed by atoms with Crippen LogP contribution in [0.25, 0.3) is 0 Å². The summed E-state index contributed by atoms with van der Waals surface area (Å²) in [6, 6.07) is 0. The van der Waals surface area contributed by atoms with E-state index in [2.05, 4.69) is 15.3 Å². The zero-order valence-corrected chi connectivity index (χ0v) is 10.9. The van der Waals surface area contributed by atoms with Crippen LogP contribution in [0.4, 0.5) is 4.79 Å². The van der Waals surface area contributed by atoms with Crippen LogP contribution in [-0.2, 0) is 9.63 Å². The lowest BCUT2D eigenvalue weighted by molar-refractivity contribution is -0.134. The molecule has 0 saturated heterocycles. The molecule has 6 nitrogen and oxygen atoms in total. The molecule has 0 saturated carbocycles. The highest BCUT2D eigenvalue weighted by Crippen LogP contribution is 2.17. The fourth-order valence-corrected chi connectivity index (χ4v) is 0.448. The number of rotatable bonds is 3. The molecule has 0 radical (unpaired) electrons. The number of hydrogen-bond acceptors (Lipinski definition) is 5. The van der Waals surface area contributed by atoms with Gasteiger partial charge in [-0.25, -0.2) is 4.79 Å². The Bertz CT molecular complexity index is 250. The van der Waals surface area contributed by atoms with Gasteiger partial charge in [0.25, 0.3) is 5.97 Å². The van der Waals surface area contributed by atoms with E-state index in [0.29, 0.717) is 0 Å². The summed E-state index contributed by atoms with van der Waals surface area (Å²) in [6.07, 6.45) is 3.00. The predicted octanol–water partition coefficient (Wildman–Crippen LogP) is 1.56. The quantitative estimate of drug-likeness (QED) is 0.451. The minimum Gasteiger partial charge on any atom is -0.481 e. The first kappa shape index (κ1) is 17.2. The summed E-state index contributed by atoms with van der Waals surface area (Å²) in [6.45, 7) is 5.04. The van der Waals surface area contributed by atoms with E-state index in [-0.39, 0.29) is 4.75 Å². The second kappa shape index (κ2) is 9.02. The van der Waals surface area contributed by atoms with Crippen LogP contribution in [0.5, 0.6) is 0 Å². The fourth-order valence-electron chi connectivity index (χ4n) is 0.299. The third-order valence-electron chi connectivity index (χ3n) is 1.23. The number of oxime groups is 1. The number of hydrogen-bond donors (Lipinski definition) is 2. The Labute approximate surface area is 99.4 Å². The maximum absolute atomic E-state index is 10.5. The van der Waals surface area contributed by atoms with Gasteiger partial charge in [0.1, 0.15) is 0 Å². The van der Waals surface area contributed by atoms with Crippen LogP contribution >= 0.6 is 11.8 Å². The molecule has 0 aliphatic carbocycles. The van der Waals surface area contributed by atoms with Crippen molar-refractivity contribution in [1.29, 1.82) is 0 Å². The van der Waals surface area contributed by atoms with Gasteiger partial charge in [-0.1, -0.05) is 5.16 Å². The Morgan fingerprint density at radius 3 is 2.25 bits per heavy atom. The van der Waals surface area contributed by atoms with Gasteiger partial charge in [0, 0.05) is 18.7 Å². The van der Waals surface area contributed by atoms with Crippen molar-refractivity contribution in [1.82, 2.24) is 5.32 Å². The number of carboxylic acid groups (broad SMARTS) is 1. The normalized spacial score (nSPS) is 10.3. The van der Waals surface area contributed by atoms with Gasteiger partial charge in [-0.3, -0.25) is 9.63 Å². The first-order valence-corrected chi connectivity index (χ1v) is 5.65. The van der Waals surface area contributed by atoms with E-state index < -0.39 is 12.1 Å². The molecule has 0 aromatic carbocycles. The molecular formula is C9H18N2O4S. The summed E-state index contributed by atoms with van der Waals surface area (Å²) in [4.78, 5) is 24.0. The zero-order valence-electron chi connectivity index (χ0n) is 10.1. The highest BCUT2D eigenvalue weighted by Gasteiger charge is 2.12. The smallest absolute Gasteiger partial charge is 0.433 e. The number of amides is 1. The molecule has 0 aliphatic heterocycles. The average molecular weight is 250 g/mol. The van der Waals surface area contributed by atoms with Gasteiger partial charge in [-0.15, -0.1) is 0 Å². The van der Waals surface area contributed by atoms with Crippen LogP contribution < -0.4 is 5.32 Å². The fraction of sp³-hybridized carbons (Fsp3) is 0.667. The van der Waals surface area contributed by atoms with Gasteiger partial charge >= 0.3 is 6.09 Å². The summed E-state index contributed by atoms with van der Waals surface area (Å²) in [5, 5.41) is 13.2.